The number of benzene rings is 1. The zero-order valence-electron chi connectivity index (χ0n) is 10.9. The van der Waals surface area contributed by atoms with E-state index in [0.717, 1.165) is 25.4 Å². The van der Waals surface area contributed by atoms with Gasteiger partial charge in [0.15, 0.2) is 0 Å². The number of anilines is 1. The minimum Gasteiger partial charge on any atom is -0.363 e. The highest BCUT2D eigenvalue weighted by Gasteiger charge is 2.21. The number of nitrogens with two attached hydrogens (primary N) is 1. The average Bonchev–Trinajstić information content (AvgIpc) is 2.75. The number of hydrogen-bond donors (Lipinski definition) is 1. The van der Waals surface area contributed by atoms with Gasteiger partial charge in [-0.1, -0.05) is 6.07 Å². The Morgan fingerprint density at radius 1 is 1.35 bits per heavy atom. The second-order valence-corrected chi connectivity index (χ2v) is 7.54. The van der Waals surface area contributed by atoms with Crippen molar-refractivity contribution in [3.05, 3.63) is 49.3 Å². The van der Waals surface area contributed by atoms with Crippen LogP contribution in [0.1, 0.15) is 17.8 Å². The lowest BCUT2D eigenvalue weighted by atomic mass is 10.1. The summed E-state index contributed by atoms with van der Waals surface area (Å²) in [6.45, 7) is 3.29. The first kappa shape index (κ1) is 15.9. The first-order chi connectivity index (χ1) is 9.56. The van der Waals surface area contributed by atoms with Crippen molar-refractivity contribution in [3.63, 3.8) is 0 Å². The fourth-order valence-electron chi connectivity index (χ4n) is 2.16. The van der Waals surface area contributed by atoms with Crippen LogP contribution in [0, 0.1) is 5.82 Å². The third-order valence-electron chi connectivity index (χ3n) is 3.07. The quantitative estimate of drug-likeness (QED) is 0.740. The Morgan fingerprint density at radius 2 is 2.10 bits per heavy atom. The molecule has 0 aliphatic carbocycles. The van der Waals surface area contributed by atoms with Crippen LogP contribution in [0.3, 0.4) is 0 Å². The van der Waals surface area contributed by atoms with Crippen LogP contribution in [0.2, 0.25) is 0 Å². The Morgan fingerprint density at radius 3 is 2.60 bits per heavy atom. The van der Waals surface area contributed by atoms with Crippen molar-refractivity contribution < 1.29 is 4.39 Å². The molecule has 0 aliphatic rings. The number of likely N-dealkylation sites (N-methyl/N-ethyl adjacent to an activating group) is 1. The smallest absolute Gasteiger partial charge is 0.125 e. The van der Waals surface area contributed by atoms with Gasteiger partial charge in [0.1, 0.15) is 5.82 Å². The number of nitrogens with zero attached hydrogens (tertiary/aromatic N) is 1. The maximum absolute atomic E-state index is 13.4. The largest absolute Gasteiger partial charge is 0.363 e. The van der Waals surface area contributed by atoms with Crippen molar-refractivity contribution >= 4 is 48.9 Å². The third-order valence-corrected chi connectivity index (χ3v) is 6.43. The summed E-state index contributed by atoms with van der Waals surface area (Å²) in [4.78, 5) is 3.27. The lowest BCUT2D eigenvalue weighted by Gasteiger charge is -2.31. The van der Waals surface area contributed by atoms with E-state index < -0.39 is 0 Å². The molecule has 1 aromatic heterocycles. The van der Waals surface area contributed by atoms with E-state index >= 15 is 0 Å². The minimum atomic E-state index is -0.231. The molecule has 2 aromatic rings. The molecule has 0 spiro atoms. The summed E-state index contributed by atoms with van der Waals surface area (Å²) in [6, 6.07) is 8.73. The molecule has 0 amide bonds. The van der Waals surface area contributed by atoms with Gasteiger partial charge in [-0.25, -0.2) is 4.39 Å². The molecule has 0 saturated heterocycles. The van der Waals surface area contributed by atoms with Gasteiger partial charge >= 0.3 is 0 Å². The summed E-state index contributed by atoms with van der Waals surface area (Å²) in [6.07, 6.45) is 0. The van der Waals surface area contributed by atoms with Gasteiger partial charge in [0, 0.05) is 28.1 Å². The molecule has 1 unspecified atom stereocenters. The Labute approximate surface area is 139 Å². The van der Waals surface area contributed by atoms with Gasteiger partial charge in [0.05, 0.1) is 9.83 Å². The van der Waals surface area contributed by atoms with E-state index in [2.05, 4.69) is 42.8 Å². The molecule has 2 rings (SSSR count). The highest BCUT2D eigenvalue weighted by molar-refractivity contribution is 9.13. The molecule has 0 saturated carbocycles. The van der Waals surface area contributed by atoms with Gasteiger partial charge in [-0.3, -0.25) is 0 Å². The monoisotopic (exact) mass is 420 g/mol. The summed E-state index contributed by atoms with van der Waals surface area (Å²) in [5, 5.41) is 0. The van der Waals surface area contributed by atoms with Crippen LogP contribution in [0.4, 0.5) is 10.1 Å². The van der Waals surface area contributed by atoms with Crippen LogP contribution in [0.25, 0.3) is 0 Å². The van der Waals surface area contributed by atoms with Crippen LogP contribution in [-0.4, -0.2) is 13.1 Å². The van der Waals surface area contributed by atoms with Crippen molar-refractivity contribution in [1.82, 2.24) is 0 Å². The number of hydrogen-bond acceptors (Lipinski definition) is 3. The van der Waals surface area contributed by atoms with E-state index in [1.807, 2.05) is 13.0 Å². The number of halogens is 3. The molecule has 0 fully saturated rings. The van der Waals surface area contributed by atoms with E-state index in [9.17, 15) is 4.39 Å². The van der Waals surface area contributed by atoms with E-state index in [1.54, 1.807) is 23.5 Å². The number of thiophene rings is 1. The summed E-state index contributed by atoms with van der Waals surface area (Å²) in [7, 11) is 0. The fraction of sp³-hybridized carbons (Fsp3) is 0.286. The highest BCUT2D eigenvalue weighted by atomic mass is 79.9. The van der Waals surface area contributed by atoms with Crippen LogP contribution in [0.5, 0.6) is 0 Å². The molecular formula is C14H15Br2FN2S. The number of rotatable bonds is 5. The van der Waals surface area contributed by atoms with E-state index in [0.29, 0.717) is 6.54 Å². The predicted octanol–water partition coefficient (Wildman–Crippen LogP) is 4.94. The molecule has 1 aromatic carbocycles. The van der Waals surface area contributed by atoms with E-state index in [-0.39, 0.29) is 11.9 Å². The van der Waals surface area contributed by atoms with Crippen LogP contribution < -0.4 is 10.6 Å². The second-order valence-electron chi connectivity index (χ2n) is 4.29. The van der Waals surface area contributed by atoms with Crippen molar-refractivity contribution in [2.75, 3.05) is 18.0 Å². The second kappa shape index (κ2) is 7.02. The standard InChI is InChI=1S/C14H15Br2FN2S/c1-2-19(10-5-3-4-9(17)6-10)12(8-18)13-7-11(15)14(16)20-13/h3-7,12H,2,8,18H2,1H3. The first-order valence-electron chi connectivity index (χ1n) is 6.23. The summed E-state index contributed by atoms with van der Waals surface area (Å²) in [5.74, 6) is -0.231. The molecule has 2 N–H and O–H groups in total. The van der Waals surface area contributed by atoms with Gasteiger partial charge in [-0.2, -0.15) is 0 Å². The van der Waals surface area contributed by atoms with Gasteiger partial charge < -0.3 is 10.6 Å². The summed E-state index contributed by atoms with van der Waals surface area (Å²) in [5.41, 5.74) is 6.81. The van der Waals surface area contributed by atoms with Crippen LogP contribution in [0.15, 0.2) is 38.6 Å². The third kappa shape index (κ3) is 3.42. The van der Waals surface area contributed by atoms with Crippen molar-refractivity contribution in [3.8, 4) is 0 Å². The minimum absolute atomic E-state index is 0.0365. The Bertz CT molecular complexity index is 569. The molecular weight excluding hydrogens is 407 g/mol. The van der Waals surface area contributed by atoms with E-state index in [1.165, 1.54) is 6.07 Å². The zero-order valence-corrected chi connectivity index (χ0v) is 14.9. The topological polar surface area (TPSA) is 29.3 Å². The molecule has 0 radical (unpaired) electrons. The SMILES string of the molecule is CCN(c1cccc(F)c1)C(CN)c1cc(Br)c(Br)s1. The molecule has 1 atom stereocenters. The molecule has 108 valence electrons. The maximum Gasteiger partial charge on any atom is 0.125 e. The van der Waals surface area contributed by atoms with Crippen LogP contribution >= 0.6 is 43.2 Å². The Hall–Kier alpha value is -0.430. The Balaban J connectivity index is 2.37. The molecule has 20 heavy (non-hydrogen) atoms. The first-order valence-corrected chi connectivity index (χ1v) is 8.64. The van der Waals surface area contributed by atoms with Crippen LogP contribution in [-0.2, 0) is 0 Å². The molecule has 0 bridgehead atoms. The normalized spacial score (nSPS) is 12.4. The van der Waals surface area contributed by atoms with Gasteiger partial charge in [0.2, 0.25) is 0 Å². The molecule has 1 heterocycles. The molecule has 0 aliphatic heterocycles. The fourth-order valence-corrected chi connectivity index (χ4v) is 4.38. The Kier molecular flexibility index (Phi) is 5.60. The summed E-state index contributed by atoms with van der Waals surface area (Å²) < 4.78 is 15.5. The van der Waals surface area contributed by atoms with Gasteiger partial charge in [-0.15, -0.1) is 11.3 Å². The van der Waals surface area contributed by atoms with Crippen molar-refractivity contribution in [1.29, 1.82) is 0 Å². The van der Waals surface area contributed by atoms with Gasteiger partial charge in [-0.05, 0) is 63.0 Å². The average molecular weight is 422 g/mol. The lowest BCUT2D eigenvalue weighted by molar-refractivity contribution is 0.618. The van der Waals surface area contributed by atoms with Crippen molar-refractivity contribution in [2.24, 2.45) is 5.73 Å². The molecule has 2 nitrogen and oxygen atoms in total. The van der Waals surface area contributed by atoms with Crippen molar-refractivity contribution in [2.45, 2.75) is 13.0 Å². The molecule has 6 heteroatoms. The summed E-state index contributed by atoms with van der Waals surface area (Å²) >= 11 is 8.65. The lowest BCUT2D eigenvalue weighted by Crippen LogP contribution is -2.33. The van der Waals surface area contributed by atoms with E-state index in [4.69, 9.17) is 5.73 Å². The maximum atomic E-state index is 13.4. The highest BCUT2D eigenvalue weighted by Crippen LogP contribution is 2.38. The van der Waals surface area contributed by atoms with Gasteiger partial charge in [0.25, 0.3) is 0 Å². The predicted molar refractivity (Wildman–Crippen MR) is 90.9 cm³/mol. The zero-order chi connectivity index (χ0) is 14.7.